The molecular formula is C21H23N5O4S3. The minimum absolute atomic E-state index is 0.0952. The Labute approximate surface area is 200 Å². The van der Waals surface area contributed by atoms with E-state index in [1.807, 2.05) is 32.0 Å². The molecule has 0 aliphatic rings. The predicted molar refractivity (Wildman–Crippen MR) is 130 cm³/mol. The number of aryl methyl sites for hydroxylation is 1. The van der Waals surface area contributed by atoms with E-state index < -0.39 is 15.9 Å². The number of hydrogen-bond donors (Lipinski definition) is 2. The molecule has 0 saturated carbocycles. The first kappa shape index (κ1) is 24.8. The number of thioether (sulfide) groups is 1. The molecule has 2 aromatic carbocycles. The quantitative estimate of drug-likeness (QED) is 0.355. The SMILES string of the molecule is Cc1cccc(NC(=O)CSc2nnc(NC(=O)c3ccc(S(=O)(=O)N(C)C)cc3)s2)c1C. The number of sulfonamides is 1. The summed E-state index contributed by atoms with van der Waals surface area (Å²) in [6.45, 7) is 3.93. The molecule has 3 aromatic rings. The minimum atomic E-state index is -3.57. The van der Waals surface area contributed by atoms with Crippen LogP contribution in [0.3, 0.4) is 0 Å². The fourth-order valence-electron chi connectivity index (χ4n) is 2.68. The van der Waals surface area contributed by atoms with Crippen LogP contribution in [0.4, 0.5) is 10.8 Å². The summed E-state index contributed by atoms with van der Waals surface area (Å²) in [6.07, 6.45) is 0. The molecule has 3 rings (SSSR count). The third-order valence-electron chi connectivity index (χ3n) is 4.73. The number of benzene rings is 2. The van der Waals surface area contributed by atoms with Gasteiger partial charge in [0.15, 0.2) is 4.34 Å². The Morgan fingerprint density at radius 1 is 1.03 bits per heavy atom. The number of hydrogen-bond acceptors (Lipinski definition) is 8. The molecule has 0 spiro atoms. The molecule has 0 saturated heterocycles. The van der Waals surface area contributed by atoms with Gasteiger partial charge < -0.3 is 5.32 Å². The standard InChI is InChI=1S/C21H23N5O4S3/c1-13-6-5-7-17(14(13)2)22-18(27)12-31-21-25-24-20(32-21)23-19(28)15-8-10-16(11-9-15)33(29,30)26(3)4/h5-11H,12H2,1-4H3,(H,22,27)(H,23,24,28). The normalized spacial score (nSPS) is 11.4. The molecule has 0 aliphatic carbocycles. The molecule has 1 aromatic heterocycles. The van der Waals surface area contributed by atoms with Gasteiger partial charge in [-0.2, -0.15) is 0 Å². The monoisotopic (exact) mass is 505 g/mol. The molecule has 0 fully saturated rings. The lowest BCUT2D eigenvalue weighted by atomic mass is 10.1. The molecule has 12 heteroatoms. The van der Waals surface area contributed by atoms with Crippen LogP contribution in [0, 0.1) is 13.8 Å². The van der Waals surface area contributed by atoms with Crippen molar-refractivity contribution in [2.24, 2.45) is 0 Å². The van der Waals surface area contributed by atoms with E-state index in [9.17, 15) is 18.0 Å². The van der Waals surface area contributed by atoms with E-state index in [4.69, 9.17) is 0 Å². The summed E-state index contributed by atoms with van der Waals surface area (Å²) < 4.78 is 25.9. The van der Waals surface area contributed by atoms with Gasteiger partial charge in [-0.25, -0.2) is 12.7 Å². The van der Waals surface area contributed by atoms with Crippen molar-refractivity contribution >= 4 is 55.8 Å². The lowest BCUT2D eigenvalue weighted by molar-refractivity contribution is -0.113. The van der Waals surface area contributed by atoms with Crippen molar-refractivity contribution in [3.63, 3.8) is 0 Å². The van der Waals surface area contributed by atoms with Crippen LogP contribution in [0.5, 0.6) is 0 Å². The summed E-state index contributed by atoms with van der Waals surface area (Å²) in [4.78, 5) is 24.8. The molecule has 174 valence electrons. The van der Waals surface area contributed by atoms with Crippen LogP contribution in [-0.4, -0.2) is 54.6 Å². The maximum atomic E-state index is 12.4. The van der Waals surface area contributed by atoms with Crippen molar-refractivity contribution < 1.29 is 18.0 Å². The van der Waals surface area contributed by atoms with E-state index in [-0.39, 0.29) is 27.3 Å². The van der Waals surface area contributed by atoms with Crippen LogP contribution in [0.1, 0.15) is 21.5 Å². The molecular weight excluding hydrogens is 482 g/mol. The smallest absolute Gasteiger partial charge is 0.257 e. The second-order valence-electron chi connectivity index (χ2n) is 7.22. The maximum Gasteiger partial charge on any atom is 0.257 e. The highest BCUT2D eigenvalue weighted by atomic mass is 32.2. The minimum Gasteiger partial charge on any atom is -0.325 e. The summed E-state index contributed by atoms with van der Waals surface area (Å²) in [7, 11) is -0.690. The van der Waals surface area contributed by atoms with Crippen molar-refractivity contribution in [3.8, 4) is 0 Å². The van der Waals surface area contributed by atoms with Gasteiger partial charge in [-0.3, -0.25) is 14.9 Å². The number of carbonyl (C=O) groups excluding carboxylic acids is 2. The maximum absolute atomic E-state index is 12.4. The van der Waals surface area contributed by atoms with E-state index in [2.05, 4.69) is 20.8 Å². The molecule has 0 aliphatic heterocycles. The van der Waals surface area contributed by atoms with Crippen molar-refractivity contribution in [2.45, 2.75) is 23.1 Å². The van der Waals surface area contributed by atoms with Gasteiger partial charge in [0.1, 0.15) is 0 Å². The van der Waals surface area contributed by atoms with Crippen molar-refractivity contribution in [3.05, 3.63) is 59.2 Å². The van der Waals surface area contributed by atoms with Gasteiger partial charge in [-0.15, -0.1) is 10.2 Å². The number of carbonyl (C=O) groups is 2. The molecule has 9 nitrogen and oxygen atoms in total. The number of anilines is 2. The number of nitrogens with zero attached hydrogens (tertiary/aromatic N) is 3. The Balaban J connectivity index is 1.55. The van der Waals surface area contributed by atoms with Gasteiger partial charge in [0.2, 0.25) is 21.1 Å². The van der Waals surface area contributed by atoms with Crippen LogP contribution in [0.25, 0.3) is 0 Å². The molecule has 0 atom stereocenters. The van der Waals surface area contributed by atoms with E-state index in [1.54, 1.807) is 0 Å². The van der Waals surface area contributed by atoms with Gasteiger partial charge in [0, 0.05) is 25.3 Å². The van der Waals surface area contributed by atoms with Crippen LogP contribution in [0.15, 0.2) is 51.7 Å². The summed E-state index contributed by atoms with van der Waals surface area (Å²) in [5, 5.41) is 13.7. The second kappa shape index (κ2) is 10.4. The molecule has 0 unspecified atom stereocenters. The van der Waals surface area contributed by atoms with Crippen molar-refractivity contribution in [2.75, 3.05) is 30.5 Å². The van der Waals surface area contributed by atoms with Crippen LogP contribution >= 0.6 is 23.1 Å². The highest BCUT2D eigenvalue weighted by molar-refractivity contribution is 8.01. The average Bonchev–Trinajstić information content (AvgIpc) is 3.22. The Kier molecular flexibility index (Phi) is 7.84. The first-order valence-electron chi connectivity index (χ1n) is 9.74. The van der Waals surface area contributed by atoms with Gasteiger partial charge in [0.05, 0.1) is 10.6 Å². The molecule has 33 heavy (non-hydrogen) atoms. The van der Waals surface area contributed by atoms with E-state index in [1.165, 1.54) is 50.1 Å². The fourth-order valence-corrected chi connectivity index (χ4v) is 5.13. The van der Waals surface area contributed by atoms with Gasteiger partial charge in [0.25, 0.3) is 5.91 Å². The zero-order valence-electron chi connectivity index (χ0n) is 18.4. The number of amides is 2. The van der Waals surface area contributed by atoms with Crippen LogP contribution in [0.2, 0.25) is 0 Å². The number of rotatable bonds is 8. The largest absolute Gasteiger partial charge is 0.325 e. The second-order valence-corrected chi connectivity index (χ2v) is 11.6. The Hall–Kier alpha value is -2.80. The lowest BCUT2D eigenvalue weighted by Gasteiger charge is -2.11. The predicted octanol–water partition coefficient (Wildman–Crippen LogP) is 3.39. The number of aromatic nitrogens is 2. The van der Waals surface area contributed by atoms with Crippen LogP contribution < -0.4 is 10.6 Å². The average molecular weight is 506 g/mol. The summed E-state index contributed by atoms with van der Waals surface area (Å²) in [5.74, 6) is -0.455. The van der Waals surface area contributed by atoms with Crippen molar-refractivity contribution in [1.82, 2.24) is 14.5 Å². The Morgan fingerprint density at radius 2 is 1.73 bits per heavy atom. The third kappa shape index (κ3) is 6.16. The molecule has 1 heterocycles. The Morgan fingerprint density at radius 3 is 2.39 bits per heavy atom. The zero-order chi connectivity index (χ0) is 24.2. The van der Waals surface area contributed by atoms with Crippen molar-refractivity contribution in [1.29, 1.82) is 0 Å². The molecule has 2 N–H and O–H groups in total. The van der Waals surface area contributed by atoms with Crippen LogP contribution in [-0.2, 0) is 14.8 Å². The summed E-state index contributed by atoms with van der Waals surface area (Å²) in [6, 6.07) is 11.3. The zero-order valence-corrected chi connectivity index (χ0v) is 20.9. The first-order valence-corrected chi connectivity index (χ1v) is 13.0. The fraction of sp³-hybridized carbons (Fsp3) is 0.238. The Bertz CT molecular complexity index is 1270. The highest BCUT2D eigenvalue weighted by Crippen LogP contribution is 2.26. The molecule has 0 radical (unpaired) electrons. The lowest BCUT2D eigenvalue weighted by Crippen LogP contribution is -2.22. The van der Waals surface area contributed by atoms with E-state index >= 15 is 0 Å². The third-order valence-corrected chi connectivity index (χ3v) is 8.53. The van der Waals surface area contributed by atoms with Gasteiger partial charge >= 0.3 is 0 Å². The number of nitrogens with one attached hydrogen (secondary N) is 2. The molecule has 2 amide bonds. The topological polar surface area (TPSA) is 121 Å². The highest BCUT2D eigenvalue weighted by Gasteiger charge is 2.18. The molecule has 0 bridgehead atoms. The van der Waals surface area contributed by atoms with E-state index in [0.717, 1.165) is 32.5 Å². The van der Waals surface area contributed by atoms with E-state index in [0.29, 0.717) is 4.34 Å². The summed E-state index contributed by atoms with van der Waals surface area (Å²) in [5.41, 5.74) is 3.17. The summed E-state index contributed by atoms with van der Waals surface area (Å²) >= 11 is 2.37. The van der Waals surface area contributed by atoms with Gasteiger partial charge in [-0.05, 0) is 55.3 Å². The van der Waals surface area contributed by atoms with Gasteiger partial charge in [-0.1, -0.05) is 35.2 Å². The first-order chi connectivity index (χ1) is 15.6.